The van der Waals surface area contributed by atoms with Gasteiger partial charge < -0.3 is 29.5 Å². The number of esters is 2. The number of carbonyl (C=O) groups is 3. The van der Waals surface area contributed by atoms with E-state index in [0.717, 1.165) is 0 Å². The van der Waals surface area contributed by atoms with E-state index in [1.165, 1.54) is 13.8 Å². The molecule has 2 aliphatic heterocycles. The Balaban J connectivity index is 1.82. The van der Waals surface area contributed by atoms with Crippen LogP contribution in [-0.4, -0.2) is 69.3 Å². The lowest BCUT2D eigenvalue weighted by molar-refractivity contribution is -0.458. The Kier molecular flexibility index (Phi) is 4.48. The molecular weight excluding hydrogens is 432 g/mol. The van der Waals surface area contributed by atoms with Crippen LogP contribution in [0.15, 0.2) is 12.2 Å². The number of hydrogen-bond acceptors (Lipinski definition) is 9. The molecule has 0 amide bonds. The molecule has 2 spiro atoms. The number of Topliss-reactive ketones (excluding diaryl/α,β-unsaturated/α-hetero) is 1. The van der Waals surface area contributed by atoms with Crippen LogP contribution in [0.2, 0.25) is 0 Å². The smallest absolute Gasteiger partial charge is 0.302 e. The van der Waals surface area contributed by atoms with Gasteiger partial charge in [-0.2, -0.15) is 0 Å². The minimum absolute atomic E-state index is 0.0720. The van der Waals surface area contributed by atoms with Crippen LogP contribution in [-0.2, 0) is 28.6 Å². The van der Waals surface area contributed by atoms with E-state index >= 15 is 0 Å². The molecule has 6 rings (SSSR count). The van der Waals surface area contributed by atoms with Crippen LogP contribution in [0.1, 0.15) is 53.4 Å². The molecule has 9 nitrogen and oxygen atoms in total. The molecule has 6 fully saturated rings. The first-order valence-electron chi connectivity index (χ1n) is 11.5. The molecule has 9 atom stereocenters. The fourth-order valence-electron chi connectivity index (χ4n) is 8.53. The number of aliphatic hydroxyl groups is 3. The van der Waals surface area contributed by atoms with E-state index in [9.17, 15) is 29.7 Å². The lowest BCUT2D eigenvalue weighted by Gasteiger charge is -2.74. The Morgan fingerprint density at radius 1 is 1.12 bits per heavy atom. The zero-order valence-electron chi connectivity index (χ0n) is 19.4. The van der Waals surface area contributed by atoms with Gasteiger partial charge in [0.1, 0.15) is 18.3 Å². The highest BCUT2D eigenvalue weighted by Crippen LogP contribution is 2.77. The van der Waals surface area contributed by atoms with Gasteiger partial charge in [0.05, 0.1) is 17.6 Å². The summed E-state index contributed by atoms with van der Waals surface area (Å²) in [6, 6.07) is 0. The van der Waals surface area contributed by atoms with Crippen LogP contribution < -0.4 is 0 Å². The van der Waals surface area contributed by atoms with Gasteiger partial charge in [0.25, 0.3) is 0 Å². The second-order valence-corrected chi connectivity index (χ2v) is 11.5. The molecule has 0 unspecified atom stereocenters. The maximum atomic E-state index is 13.8. The molecule has 2 heterocycles. The molecular formula is C24H32O9. The molecule has 4 aliphatic carbocycles. The number of carbonyl (C=O) groups excluding carboxylic acids is 3. The largest absolute Gasteiger partial charge is 0.462 e. The zero-order valence-corrected chi connectivity index (χ0v) is 19.4. The Bertz CT molecular complexity index is 973. The molecule has 6 aliphatic rings. The van der Waals surface area contributed by atoms with E-state index in [2.05, 4.69) is 6.58 Å². The second-order valence-electron chi connectivity index (χ2n) is 11.5. The fraction of sp³-hybridized carbons (Fsp3) is 0.792. The molecule has 0 aromatic heterocycles. The van der Waals surface area contributed by atoms with Crippen molar-refractivity contribution in [1.82, 2.24) is 0 Å². The van der Waals surface area contributed by atoms with Crippen molar-refractivity contribution in [3.05, 3.63) is 12.2 Å². The fourth-order valence-corrected chi connectivity index (χ4v) is 8.53. The van der Waals surface area contributed by atoms with Crippen molar-refractivity contribution in [2.45, 2.75) is 83.1 Å². The van der Waals surface area contributed by atoms with Gasteiger partial charge in [0.2, 0.25) is 5.79 Å². The van der Waals surface area contributed by atoms with Gasteiger partial charge in [-0.05, 0) is 24.7 Å². The summed E-state index contributed by atoms with van der Waals surface area (Å²) in [6.07, 6.45) is -2.43. The first-order chi connectivity index (χ1) is 15.2. The van der Waals surface area contributed by atoms with Gasteiger partial charge in [-0.25, -0.2) is 0 Å². The highest BCUT2D eigenvalue weighted by molar-refractivity contribution is 6.06. The van der Waals surface area contributed by atoms with Crippen molar-refractivity contribution in [3.8, 4) is 0 Å². The van der Waals surface area contributed by atoms with Crippen LogP contribution in [0, 0.1) is 28.1 Å². The average Bonchev–Trinajstić information content (AvgIpc) is 2.84. The molecule has 0 aromatic rings. The summed E-state index contributed by atoms with van der Waals surface area (Å²) in [5.74, 6) is -5.50. The molecule has 3 N–H and O–H groups in total. The highest BCUT2D eigenvalue weighted by atomic mass is 16.6. The predicted molar refractivity (Wildman–Crippen MR) is 111 cm³/mol. The Morgan fingerprint density at radius 2 is 1.76 bits per heavy atom. The van der Waals surface area contributed by atoms with Gasteiger partial charge in [0, 0.05) is 43.1 Å². The van der Waals surface area contributed by atoms with Gasteiger partial charge in [-0.1, -0.05) is 20.4 Å². The summed E-state index contributed by atoms with van der Waals surface area (Å²) in [7, 11) is 0. The number of hydrogen-bond donors (Lipinski definition) is 3. The third-order valence-electron chi connectivity index (χ3n) is 9.43. The van der Waals surface area contributed by atoms with Crippen LogP contribution in [0.5, 0.6) is 0 Å². The number of ether oxygens (including phenoxy) is 3. The average molecular weight is 465 g/mol. The molecule has 0 aromatic carbocycles. The van der Waals surface area contributed by atoms with Crippen molar-refractivity contribution < 1.29 is 43.9 Å². The van der Waals surface area contributed by atoms with Crippen molar-refractivity contribution in [3.63, 3.8) is 0 Å². The third-order valence-corrected chi connectivity index (χ3v) is 9.43. The maximum absolute atomic E-state index is 13.8. The molecule has 182 valence electrons. The maximum Gasteiger partial charge on any atom is 0.302 e. The number of aliphatic hydroxyl groups excluding tert-OH is 1. The quantitative estimate of drug-likeness (QED) is 0.397. The lowest BCUT2D eigenvalue weighted by atomic mass is 9.35. The van der Waals surface area contributed by atoms with Crippen LogP contribution in [0.4, 0.5) is 0 Å². The topological polar surface area (TPSA) is 140 Å². The predicted octanol–water partition coefficient (Wildman–Crippen LogP) is 0.632. The summed E-state index contributed by atoms with van der Waals surface area (Å²) in [5, 5.41) is 35.0. The molecule has 0 radical (unpaired) electrons. The van der Waals surface area contributed by atoms with Crippen LogP contribution in [0.25, 0.3) is 0 Å². The Hall–Kier alpha value is -1.81. The molecule has 4 bridgehead atoms. The van der Waals surface area contributed by atoms with Crippen LogP contribution >= 0.6 is 0 Å². The van der Waals surface area contributed by atoms with E-state index in [4.69, 9.17) is 14.2 Å². The summed E-state index contributed by atoms with van der Waals surface area (Å²) >= 11 is 0. The SMILES string of the molecule is C=C1C(=O)[C@]23C[C@@]1(O)C[C@@H](OC(C)=O)[C@H]2[C@@]12CO[C@@]3(O)[C@@H](O)[C@@H]1C(C)(C)CC[C@@H]2OC(C)=O. The first kappa shape index (κ1) is 23.0. The Labute approximate surface area is 192 Å². The molecule has 9 heteroatoms. The van der Waals surface area contributed by atoms with E-state index < -0.39 is 75.5 Å². The van der Waals surface area contributed by atoms with Crippen molar-refractivity contribution in [2.24, 2.45) is 28.1 Å². The Morgan fingerprint density at radius 3 is 2.36 bits per heavy atom. The van der Waals surface area contributed by atoms with E-state index in [0.29, 0.717) is 12.8 Å². The van der Waals surface area contributed by atoms with Crippen LogP contribution in [0.3, 0.4) is 0 Å². The lowest BCUT2D eigenvalue weighted by Crippen LogP contribution is -2.85. The highest BCUT2D eigenvalue weighted by Gasteiger charge is 2.88. The number of ketones is 1. The molecule has 4 saturated carbocycles. The summed E-state index contributed by atoms with van der Waals surface area (Å²) in [4.78, 5) is 38.1. The first-order valence-corrected chi connectivity index (χ1v) is 11.5. The summed E-state index contributed by atoms with van der Waals surface area (Å²) in [5.41, 5.74) is -5.23. The summed E-state index contributed by atoms with van der Waals surface area (Å²) in [6.45, 7) is 10.2. The number of fused-ring (bicyclic) bond motifs is 2. The molecule has 2 saturated heterocycles. The second kappa shape index (κ2) is 6.44. The van der Waals surface area contributed by atoms with E-state index in [1.807, 2.05) is 13.8 Å². The van der Waals surface area contributed by atoms with Gasteiger partial charge in [-0.15, -0.1) is 0 Å². The van der Waals surface area contributed by atoms with Gasteiger partial charge >= 0.3 is 11.9 Å². The molecule has 33 heavy (non-hydrogen) atoms. The zero-order chi connectivity index (χ0) is 24.4. The third kappa shape index (κ3) is 2.44. The van der Waals surface area contributed by atoms with Gasteiger partial charge in [0.15, 0.2) is 5.78 Å². The minimum Gasteiger partial charge on any atom is -0.462 e. The normalized spacial score (nSPS) is 51.5. The summed E-state index contributed by atoms with van der Waals surface area (Å²) < 4.78 is 17.5. The number of rotatable bonds is 2. The standard InChI is InChI=1S/C24H32O9/c1-11-18(27)23-9-21(11,29)8-14(32-12(2)25)16(23)22-10-31-24(23,30)19(28)17(22)20(4,5)7-6-15(22)33-13(3)26/h14-17,19,28-30H,1,6-10H2,2-5H3/t14-,15+,16+,17-,19+,21+,22+,23+,24+/m1/s1. The van der Waals surface area contributed by atoms with Crippen molar-refractivity contribution >= 4 is 17.7 Å². The minimum atomic E-state index is -2.32. The van der Waals surface area contributed by atoms with E-state index in [1.54, 1.807) is 0 Å². The van der Waals surface area contributed by atoms with E-state index in [-0.39, 0.29) is 25.0 Å². The monoisotopic (exact) mass is 464 g/mol. The van der Waals surface area contributed by atoms with Crippen molar-refractivity contribution in [1.29, 1.82) is 0 Å². The van der Waals surface area contributed by atoms with Gasteiger partial charge in [-0.3, -0.25) is 14.4 Å². The van der Waals surface area contributed by atoms with Crippen molar-refractivity contribution in [2.75, 3.05) is 6.61 Å².